The van der Waals surface area contributed by atoms with E-state index in [2.05, 4.69) is 10.3 Å². The lowest BCUT2D eigenvalue weighted by Gasteiger charge is -2.16. The molecule has 0 unspecified atom stereocenters. The lowest BCUT2D eigenvalue weighted by Crippen LogP contribution is -2.27. The van der Waals surface area contributed by atoms with Crippen LogP contribution in [0.5, 0.6) is 0 Å². The summed E-state index contributed by atoms with van der Waals surface area (Å²) in [5.41, 5.74) is 2.68. The van der Waals surface area contributed by atoms with Crippen molar-refractivity contribution in [1.29, 1.82) is 0 Å². The van der Waals surface area contributed by atoms with Gasteiger partial charge < -0.3 is 10.1 Å². The van der Waals surface area contributed by atoms with Gasteiger partial charge in [0.1, 0.15) is 12.4 Å². The third kappa shape index (κ3) is 5.60. The van der Waals surface area contributed by atoms with Crippen molar-refractivity contribution in [3.63, 3.8) is 0 Å². The Labute approximate surface area is 172 Å². The molecule has 9 heteroatoms. The fourth-order valence-electron chi connectivity index (χ4n) is 3.58. The number of rotatable bonds is 8. The number of ether oxygens (including phenoxy) is 1. The number of carbonyl (C=O) groups is 2. The molecule has 3 atom stereocenters. The standard InChI is InChI=1S/C20H23N3O5S/c1-12-3-5-14(6-4-12)21-20-22-15(11-29-20)10-28-19(25)8-16-17(9-23(26)27)13(2)7-18(16)24/h3-6,11,13,16-17H,7-10H2,1-2H3,(H,21,22)/t13-,16-,17-/m1/s1. The molecule has 0 bridgehead atoms. The Morgan fingerprint density at radius 3 is 2.79 bits per heavy atom. The highest BCUT2D eigenvalue weighted by Crippen LogP contribution is 2.36. The number of carbonyl (C=O) groups excluding carboxylic acids is 2. The van der Waals surface area contributed by atoms with Crippen molar-refractivity contribution in [2.24, 2.45) is 17.8 Å². The normalized spacial score (nSPS) is 21.2. The summed E-state index contributed by atoms with van der Waals surface area (Å²) in [6, 6.07) is 7.90. The van der Waals surface area contributed by atoms with Crippen LogP contribution in [-0.2, 0) is 20.9 Å². The maximum atomic E-state index is 12.2. The minimum Gasteiger partial charge on any atom is -0.459 e. The summed E-state index contributed by atoms with van der Waals surface area (Å²) < 4.78 is 5.26. The smallest absolute Gasteiger partial charge is 0.306 e. The Hall–Kier alpha value is -2.81. The van der Waals surface area contributed by atoms with Crippen molar-refractivity contribution in [3.05, 3.63) is 51.0 Å². The van der Waals surface area contributed by atoms with E-state index in [9.17, 15) is 19.7 Å². The molecule has 1 aliphatic carbocycles. The van der Waals surface area contributed by atoms with Gasteiger partial charge in [-0.05, 0) is 25.0 Å². The van der Waals surface area contributed by atoms with Crippen molar-refractivity contribution >= 4 is 33.9 Å². The van der Waals surface area contributed by atoms with Crippen LogP contribution in [0.15, 0.2) is 29.6 Å². The van der Waals surface area contributed by atoms with Gasteiger partial charge in [0.15, 0.2) is 5.13 Å². The molecule has 8 nitrogen and oxygen atoms in total. The topological polar surface area (TPSA) is 111 Å². The van der Waals surface area contributed by atoms with E-state index in [1.807, 2.05) is 38.1 Å². The van der Waals surface area contributed by atoms with Crippen LogP contribution in [0.25, 0.3) is 0 Å². The molecular weight excluding hydrogens is 394 g/mol. The Morgan fingerprint density at radius 2 is 2.10 bits per heavy atom. The molecule has 0 radical (unpaired) electrons. The highest BCUT2D eigenvalue weighted by molar-refractivity contribution is 7.13. The summed E-state index contributed by atoms with van der Waals surface area (Å²) in [5, 5.41) is 16.5. The number of anilines is 2. The quantitative estimate of drug-likeness (QED) is 0.395. The number of aromatic nitrogens is 1. The van der Waals surface area contributed by atoms with E-state index in [-0.39, 0.29) is 37.7 Å². The average molecular weight is 417 g/mol. The number of nitrogens with zero attached hydrogens (tertiary/aromatic N) is 2. The molecule has 1 aromatic carbocycles. The zero-order chi connectivity index (χ0) is 21.0. The van der Waals surface area contributed by atoms with Gasteiger partial charge in [0.05, 0.1) is 12.1 Å². The average Bonchev–Trinajstić information content (AvgIpc) is 3.21. The fourth-order valence-corrected chi connectivity index (χ4v) is 4.30. The zero-order valence-electron chi connectivity index (χ0n) is 16.3. The van der Waals surface area contributed by atoms with Gasteiger partial charge in [0.25, 0.3) is 0 Å². The van der Waals surface area contributed by atoms with Gasteiger partial charge >= 0.3 is 5.97 Å². The molecule has 1 N–H and O–H groups in total. The Morgan fingerprint density at radius 1 is 1.38 bits per heavy atom. The lowest BCUT2D eigenvalue weighted by atomic mass is 9.88. The van der Waals surface area contributed by atoms with Gasteiger partial charge in [0, 0.05) is 34.2 Å². The van der Waals surface area contributed by atoms with E-state index in [4.69, 9.17) is 4.74 Å². The number of esters is 1. The minimum atomic E-state index is -0.642. The van der Waals surface area contributed by atoms with E-state index in [0.717, 1.165) is 11.3 Å². The third-order valence-electron chi connectivity index (χ3n) is 5.17. The van der Waals surface area contributed by atoms with E-state index in [0.29, 0.717) is 10.8 Å². The molecule has 0 saturated heterocycles. The number of Topliss-reactive ketones (excluding diaryl/α,β-unsaturated/α-hetero) is 1. The molecule has 0 amide bonds. The first-order valence-electron chi connectivity index (χ1n) is 9.40. The van der Waals surface area contributed by atoms with Crippen molar-refractivity contribution < 1.29 is 19.2 Å². The van der Waals surface area contributed by atoms with Crippen LogP contribution in [0.1, 0.15) is 31.0 Å². The number of hydrogen-bond acceptors (Lipinski definition) is 8. The van der Waals surface area contributed by atoms with Gasteiger partial charge in [-0.25, -0.2) is 4.98 Å². The number of hydrogen-bond donors (Lipinski definition) is 1. The van der Waals surface area contributed by atoms with Gasteiger partial charge in [-0.2, -0.15) is 0 Å². The van der Waals surface area contributed by atoms with Gasteiger partial charge in [-0.15, -0.1) is 11.3 Å². The predicted octanol–water partition coefficient (Wildman–Crippen LogP) is 3.75. The molecular formula is C20H23N3O5S. The second-order valence-corrected chi connectivity index (χ2v) is 8.29. The number of aryl methyl sites for hydroxylation is 1. The lowest BCUT2D eigenvalue weighted by molar-refractivity contribution is -0.490. The van der Waals surface area contributed by atoms with Crippen LogP contribution in [0.4, 0.5) is 10.8 Å². The summed E-state index contributed by atoms with van der Waals surface area (Å²) in [7, 11) is 0. The number of benzene rings is 1. The molecule has 29 heavy (non-hydrogen) atoms. The van der Waals surface area contributed by atoms with Crippen molar-refractivity contribution in [3.8, 4) is 0 Å². The van der Waals surface area contributed by atoms with Gasteiger partial charge in [-0.1, -0.05) is 24.6 Å². The molecule has 1 heterocycles. The van der Waals surface area contributed by atoms with E-state index in [1.165, 1.54) is 11.3 Å². The fraction of sp³-hybridized carbons (Fsp3) is 0.450. The summed E-state index contributed by atoms with van der Waals surface area (Å²) >= 11 is 1.40. The summed E-state index contributed by atoms with van der Waals surface area (Å²) in [6.45, 7) is 3.53. The highest BCUT2D eigenvalue weighted by atomic mass is 32.1. The second-order valence-electron chi connectivity index (χ2n) is 7.43. The first-order chi connectivity index (χ1) is 13.8. The molecule has 3 rings (SSSR count). The van der Waals surface area contributed by atoms with Gasteiger partial charge in [-0.3, -0.25) is 19.7 Å². The number of thiazole rings is 1. The molecule has 1 saturated carbocycles. The highest BCUT2D eigenvalue weighted by Gasteiger charge is 2.44. The summed E-state index contributed by atoms with van der Waals surface area (Å²) in [5.74, 6) is -1.79. The second kappa shape index (κ2) is 9.13. The Kier molecular flexibility index (Phi) is 6.58. The number of ketones is 1. The molecule has 0 spiro atoms. The van der Waals surface area contributed by atoms with Gasteiger partial charge in [0.2, 0.25) is 6.54 Å². The molecule has 2 aromatic rings. The first kappa shape index (κ1) is 20.9. The van der Waals surface area contributed by atoms with Crippen LogP contribution in [0, 0.1) is 34.8 Å². The van der Waals surface area contributed by atoms with Crippen LogP contribution in [0.2, 0.25) is 0 Å². The minimum absolute atomic E-state index is 0.00127. The van der Waals surface area contributed by atoms with Crippen LogP contribution < -0.4 is 5.32 Å². The predicted molar refractivity (Wildman–Crippen MR) is 109 cm³/mol. The van der Waals surface area contributed by atoms with Crippen LogP contribution in [0.3, 0.4) is 0 Å². The molecule has 154 valence electrons. The number of nitro groups is 1. The molecule has 0 aliphatic heterocycles. The SMILES string of the molecule is Cc1ccc(Nc2nc(COC(=O)C[C@H]3C(=O)C[C@@H](C)[C@H]3C[N+](=O)[O-])cs2)cc1. The monoisotopic (exact) mass is 417 g/mol. The van der Waals surface area contributed by atoms with Crippen molar-refractivity contribution in [2.45, 2.75) is 33.3 Å². The van der Waals surface area contributed by atoms with E-state index < -0.39 is 22.7 Å². The Bertz CT molecular complexity index is 896. The molecule has 1 fully saturated rings. The van der Waals surface area contributed by atoms with Crippen LogP contribution >= 0.6 is 11.3 Å². The van der Waals surface area contributed by atoms with Crippen LogP contribution in [-0.4, -0.2) is 28.2 Å². The summed E-state index contributed by atoms with van der Waals surface area (Å²) in [6.07, 6.45) is 0.150. The third-order valence-corrected chi connectivity index (χ3v) is 5.97. The largest absolute Gasteiger partial charge is 0.459 e. The molecule has 1 aromatic heterocycles. The van der Waals surface area contributed by atoms with Crippen molar-refractivity contribution in [1.82, 2.24) is 4.98 Å². The molecule has 1 aliphatic rings. The van der Waals surface area contributed by atoms with Crippen molar-refractivity contribution in [2.75, 3.05) is 11.9 Å². The maximum absolute atomic E-state index is 12.2. The number of nitrogens with one attached hydrogen (secondary N) is 1. The van der Waals surface area contributed by atoms with E-state index >= 15 is 0 Å². The maximum Gasteiger partial charge on any atom is 0.306 e. The summed E-state index contributed by atoms with van der Waals surface area (Å²) in [4.78, 5) is 39.2. The van der Waals surface area contributed by atoms with E-state index in [1.54, 1.807) is 5.38 Å². The Balaban J connectivity index is 1.51. The first-order valence-corrected chi connectivity index (χ1v) is 10.3. The zero-order valence-corrected chi connectivity index (χ0v) is 17.1.